The number of aliphatic hydroxyl groups is 1. The van der Waals surface area contributed by atoms with Crippen LogP contribution in [-0.2, 0) is 0 Å². The lowest BCUT2D eigenvalue weighted by atomic mass is 10.1. The molecule has 0 amide bonds. The van der Waals surface area contributed by atoms with Gasteiger partial charge in [0.25, 0.3) is 0 Å². The third-order valence-electron chi connectivity index (χ3n) is 2.54. The Morgan fingerprint density at radius 2 is 2.10 bits per heavy atom. The third-order valence-corrected chi connectivity index (χ3v) is 2.54. The zero-order valence-electron chi connectivity index (χ0n) is 12.1. The van der Waals surface area contributed by atoms with E-state index in [4.69, 9.17) is 0 Å². The first kappa shape index (κ1) is 14.2. The summed E-state index contributed by atoms with van der Waals surface area (Å²) in [7, 11) is 3.57. The predicted octanol–water partition coefficient (Wildman–Crippen LogP) is 0.306. The molecule has 0 aliphatic heterocycles. The maximum Gasteiger partial charge on any atom is 0.241 e. The van der Waals surface area contributed by atoms with Gasteiger partial charge in [0.1, 0.15) is 6.33 Å². The minimum atomic E-state index is -0.837. The highest BCUT2D eigenvalue weighted by molar-refractivity contribution is 5.39. The van der Waals surface area contributed by atoms with E-state index in [-0.39, 0.29) is 0 Å². The van der Waals surface area contributed by atoms with Gasteiger partial charge in [-0.15, -0.1) is 0 Å². The van der Waals surface area contributed by atoms with Gasteiger partial charge in [0.05, 0.1) is 5.60 Å². The molecule has 0 atom stereocenters. The van der Waals surface area contributed by atoms with Crippen LogP contribution >= 0.6 is 0 Å². The zero-order chi connectivity index (χ0) is 14.8. The molecule has 8 heteroatoms. The summed E-state index contributed by atoms with van der Waals surface area (Å²) in [4.78, 5) is 18.7. The molecule has 0 aliphatic carbocycles. The molecule has 0 saturated heterocycles. The van der Waals surface area contributed by atoms with E-state index in [2.05, 4.69) is 25.3 Å². The first-order chi connectivity index (χ1) is 9.39. The number of nitrogens with zero attached hydrogens (tertiary/aromatic N) is 6. The summed E-state index contributed by atoms with van der Waals surface area (Å²) in [5.41, 5.74) is -0.837. The Kier molecular flexibility index (Phi) is 3.84. The third kappa shape index (κ3) is 3.41. The smallest absolute Gasteiger partial charge is 0.241 e. The molecule has 0 aliphatic rings. The molecule has 0 fully saturated rings. The highest BCUT2D eigenvalue weighted by atomic mass is 16.3. The molecule has 108 valence electrons. The van der Waals surface area contributed by atoms with Crippen molar-refractivity contribution in [2.24, 2.45) is 0 Å². The highest BCUT2D eigenvalue weighted by Crippen LogP contribution is 2.14. The lowest BCUT2D eigenvalue weighted by Crippen LogP contribution is -2.37. The summed E-state index contributed by atoms with van der Waals surface area (Å²) < 4.78 is 1.70. The summed E-state index contributed by atoms with van der Waals surface area (Å²) in [6.07, 6.45) is 5.03. The topological polar surface area (TPSA) is 92.0 Å². The van der Waals surface area contributed by atoms with Crippen LogP contribution in [0.25, 0.3) is 5.95 Å². The van der Waals surface area contributed by atoms with E-state index in [0.29, 0.717) is 24.4 Å². The summed E-state index contributed by atoms with van der Waals surface area (Å²) in [6, 6.07) is 0. The second-order valence-electron chi connectivity index (χ2n) is 5.15. The molecule has 0 saturated carbocycles. The van der Waals surface area contributed by atoms with E-state index >= 15 is 0 Å². The maximum absolute atomic E-state index is 9.89. The fraction of sp³-hybridized carbons (Fsp3) is 0.500. The van der Waals surface area contributed by atoms with Crippen LogP contribution in [-0.4, -0.2) is 55.9 Å². The van der Waals surface area contributed by atoms with Gasteiger partial charge >= 0.3 is 0 Å². The van der Waals surface area contributed by atoms with Gasteiger partial charge in [-0.2, -0.15) is 15.0 Å². The average molecular weight is 277 g/mol. The number of nitrogens with one attached hydrogen (secondary N) is 1. The quantitative estimate of drug-likeness (QED) is 0.812. The minimum absolute atomic E-state index is 0.406. The van der Waals surface area contributed by atoms with Gasteiger partial charge < -0.3 is 15.3 Å². The van der Waals surface area contributed by atoms with Crippen LogP contribution in [0.5, 0.6) is 0 Å². The van der Waals surface area contributed by atoms with Crippen molar-refractivity contribution in [3.8, 4) is 5.95 Å². The molecule has 2 N–H and O–H groups in total. The molecule has 2 rings (SSSR count). The van der Waals surface area contributed by atoms with Crippen LogP contribution in [0.4, 0.5) is 11.9 Å². The van der Waals surface area contributed by atoms with Gasteiger partial charge in [-0.25, -0.2) is 4.98 Å². The van der Waals surface area contributed by atoms with E-state index in [9.17, 15) is 5.11 Å². The summed E-state index contributed by atoms with van der Waals surface area (Å²) in [5, 5.41) is 12.8. The number of hydrogen-bond donors (Lipinski definition) is 2. The Morgan fingerprint density at radius 3 is 2.65 bits per heavy atom. The first-order valence-electron chi connectivity index (χ1n) is 6.25. The number of likely N-dealkylation sites (N-methyl/N-ethyl adjacent to an activating group) is 1. The number of imidazole rings is 1. The summed E-state index contributed by atoms with van der Waals surface area (Å²) in [5.74, 6) is 1.41. The minimum Gasteiger partial charge on any atom is -0.389 e. The zero-order valence-corrected chi connectivity index (χ0v) is 12.1. The molecule has 20 heavy (non-hydrogen) atoms. The molecule has 0 spiro atoms. The van der Waals surface area contributed by atoms with Crippen molar-refractivity contribution in [2.75, 3.05) is 30.9 Å². The van der Waals surface area contributed by atoms with Gasteiger partial charge in [-0.3, -0.25) is 4.57 Å². The van der Waals surface area contributed by atoms with Gasteiger partial charge in [0.2, 0.25) is 17.8 Å². The van der Waals surface area contributed by atoms with Gasteiger partial charge in [-0.1, -0.05) is 0 Å². The van der Waals surface area contributed by atoms with E-state index < -0.39 is 5.60 Å². The van der Waals surface area contributed by atoms with Crippen LogP contribution in [0.15, 0.2) is 18.7 Å². The molecule has 0 radical (unpaired) electrons. The van der Waals surface area contributed by atoms with Crippen LogP contribution < -0.4 is 10.2 Å². The standard InChI is InChI=1S/C12H19N7O/c1-12(2,20)7-18(4)10-15-9(13-3)16-11(17-10)19-6-5-14-8-19/h5-6,8,20H,7H2,1-4H3,(H,13,15,16,17). The fourth-order valence-corrected chi connectivity index (χ4v) is 1.78. The molecule has 2 aromatic rings. The molecule has 2 aromatic heterocycles. The molecule has 2 heterocycles. The van der Waals surface area contributed by atoms with Gasteiger partial charge in [0.15, 0.2) is 0 Å². The molecule has 0 aromatic carbocycles. The lowest BCUT2D eigenvalue weighted by molar-refractivity contribution is 0.0882. The SMILES string of the molecule is CNc1nc(N(C)CC(C)(C)O)nc(-n2ccnc2)n1. The lowest BCUT2D eigenvalue weighted by Gasteiger charge is -2.25. The number of aromatic nitrogens is 5. The molecule has 8 nitrogen and oxygen atoms in total. The Morgan fingerprint density at radius 1 is 1.35 bits per heavy atom. The summed E-state index contributed by atoms with van der Waals surface area (Å²) in [6.45, 7) is 3.88. The Labute approximate surface area is 117 Å². The van der Waals surface area contributed by atoms with Crippen molar-refractivity contribution >= 4 is 11.9 Å². The van der Waals surface area contributed by atoms with Crippen LogP contribution in [0, 0.1) is 0 Å². The van der Waals surface area contributed by atoms with Crippen LogP contribution in [0.2, 0.25) is 0 Å². The van der Waals surface area contributed by atoms with Crippen LogP contribution in [0.1, 0.15) is 13.8 Å². The van der Waals surface area contributed by atoms with Crippen molar-refractivity contribution in [3.05, 3.63) is 18.7 Å². The van der Waals surface area contributed by atoms with E-state index in [1.165, 1.54) is 0 Å². The highest BCUT2D eigenvalue weighted by Gasteiger charge is 2.19. The van der Waals surface area contributed by atoms with E-state index in [1.54, 1.807) is 49.1 Å². The van der Waals surface area contributed by atoms with Crippen molar-refractivity contribution < 1.29 is 5.11 Å². The predicted molar refractivity (Wildman–Crippen MR) is 76.1 cm³/mol. The largest absolute Gasteiger partial charge is 0.389 e. The van der Waals surface area contributed by atoms with Gasteiger partial charge in [-0.05, 0) is 13.8 Å². The molecular formula is C12H19N7O. The van der Waals surface area contributed by atoms with Gasteiger partial charge in [0, 0.05) is 33.0 Å². The fourth-order valence-electron chi connectivity index (χ4n) is 1.78. The Balaban J connectivity index is 2.36. The number of anilines is 2. The van der Waals surface area contributed by atoms with E-state index in [1.807, 2.05) is 7.05 Å². The molecule has 0 unspecified atom stereocenters. The molecular weight excluding hydrogens is 258 g/mol. The van der Waals surface area contributed by atoms with Crippen molar-refractivity contribution in [2.45, 2.75) is 19.4 Å². The van der Waals surface area contributed by atoms with Crippen molar-refractivity contribution in [1.29, 1.82) is 0 Å². The van der Waals surface area contributed by atoms with Crippen molar-refractivity contribution in [1.82, 2.24) is 24.5 Å². The van der Waals surface area contributed by atoms with Crippen LogP contribution in [0.3, 0.4) is 0 Å². The number of rotatable bonds is 5. The Bertz CT molecular complexity index is 562. The average Bonchev–Trinajstić information content (AvgIpc) is 2.90. The molecule has 0 bridgehead atoms. The second-order valence-corrected chi connectivity index (χ2v) is 5.15. The number of hydrogen-bond acceptors (Lipinski definition) is 7. The summed E-state index contributed by atoms with van der Waals surface area (Å²) >= 11 is 0. The maximum atomic E-state index is 9.89. The van der Waals surface area contributed by atoms with Crippen molar-refractivity contribution in [3.63, 3.8) is 0 Å². The second kappa shape index (κ2) is 5.41. The Hall–Kier alpha value is -2.22. The van der Waals surface area contributed by atoms with E-state index in [0.717, 1.165) is 0 Å². The monoisotopic (exact) mass is 277 g/mol. The normalized spacial score (nSPS) is 11.4. The first-order valence-corrected chi connectivity index (χ1v) is 6.25.